The van der Waals surface area contributed by atoms with Crippen LogP contribution >= 0.6 is 0 Å². The maximum absolute atomic E-state index is 11.5. The summed E-state index contributed by atoms with van der Waals surface area (Å²) in [6.07, 6.45) is 4.42. The van der Waals surface area contributed by atoms with Crippen LogP contribution in [0.2, 0.25) is 0 Å². The number of ether oxygens (including phenoxy) is 1. The van der Waals surface area contributed by atoms with E-state index in [2.05, 4.69) is 5.10 Å². The summed E-state index contributed by atoms with van der Waals surface area (Å²) in [4.78, 5) is 11.5. The maximum Gasteiger partial charge on any atom is 0.341 e. The van der Waals surface area contributed by atoms with Crippen molar-refractivity contribution in [2.24, 2.45) is 12.8 Å². The third kappa shape index (κ3) is 1.43. The van der Waals surface area contributed by atoms with Gasteiger partial charge in [-0.3, -0.25) is 4.68 Å². The van der Waals surface area contributed by atoms with Crippen LogP contribution in [-0.2, 0) is 17.3 Å². The molecule has 1 fully saturated rings. The van der Waals surface area contributed by atoms with Crippen molar-refractivity contribution in [3.05, 3.63) is 17.5 Å². The number of hydrogen-bond acceptors (Lipinski definition) is 4. The molecule has 1 saturated carbocycles. The molecule has 0 bridgehead atoms. The molecule has 0 spiro atoms. The van der Waals surface area contributed by atoms with Gasteiger partial charge < -0.3 is 10.5 Å². The number of esters is 1. The number of nitrogens with two attached hydrogens (primary N) is 1. The molecule has 0 amide bonds. The topological polar surface area (TPSA) is 70.1 Å². The molecule has 0 saturated heterocycles. The Morgan fingerprint density at radius 2 is 2.33 bits per heavy atom. The standard InChI is InChI=1S/C10H15N3O2/c1-13-8(10(11)4-3-5-10)7(6-12-13)9(14)15-2/h6H,3-5,11H2,1-2H3. The number of carbonyl (C=O) groups is 1. The highest BCUT2D eigenvalue weighted by Crippen LogP contribution is 2.39. The van der Waals surface area contributed by atoms with Gasteiger partial charge in [0.15, 0.2) is 0 Å². The van der Waals surface area contributed by atoms with E-state index in [9.17, 15) is 4.79 Å². The van der Waals surface area contributed by atoms with E-state index in [4.69, 9.17) is 10.5 Å². The smallest absolute Gasteiger partial charge is 0.341 e. The molecular weight excluding hydrogens is 194 g/mol. The SMILES string of the molecule is COC(=O)c1cnn(C)c1C1(N)CCC1. The lowest BCUT2D eigenvalue weighted by atomic mass is 9.74. The van der Waals surface area contributed by atoms with E-state index in [0.717, 1.165) is 25.0 Å². The molecule has 5 heteroatoms. The molecule has 82 valence electrons. The van der Waals surface area contributed by atoms with Crippen molar-refractivity contribution in [2.45, 2.75) is 24.8 Å². The van der Waals surface area contributed by atoms with Crippen LogP contribution in [-0.4, -0.2) is 22.9 Å². The molecular formula is C10H15N3O2. The summed E-state index contributed by atoms with van der Waals surface area (Å²) >= 11 is 0. The maximum atomic E-state index is 11.5. The third-order valence-corrected chi connectivity index (χ3v) is 3.06. The summed E-state index contributed by atoms with van der Waals surface area (Å²) in [6.45, 7) is 0. The van der Waals surface area contributed by atoms with Gasteiger partial charge in [0.05, 0.1) is 24.5 Å². The second-order valence-corrected chi connectivity index (χ2v) is 4.03. The Morgan fingerprint density at radius 3 is 2.80 bits per heavy atom. The van der Waals surface area contributed by atoms with E-state index in [-0.39, 0.29) is 5.97 Å². The largest absolute Gasteiger partial charge is 0.465 e. The predicted molar refractivity (Wildman–Crippen MR) is 54.3 cm³/mol. The minimum absolute atomic E-state index is 0.366. The van der Waals surface area contributed by atoms with E-state index in [1.54, 1.807) is 11.7 Å². The number of hydrogen-bond donors (Lipinski definition) is 1. The zero-order chi connectivity index (χ0) is 11.1. The van der Waals surface area contributed by atoms with Gasteiger partial charge in [0.25, 0.3) is 0 Å². The van der Waals surface area contributed by atoms with Crippen molar-refractivity contribution < 1.29 is 9.53 Å². The van der Waals surface area contributed by atoms with Crippen molar-refractivity contribution in [2.75, 3.05) is 7.11 Å². The molecule has 5 nitrogen and oxygen atoms in total. The van der Waals surface area contributed by atoms with Gasteiger partial charge >= 0.3 is 5.97 Å². The molecule has 1 aliphatic rings. The fourth-order valence-electron chi connectivity index (χ4n) is 2.08. The molecule has 0 aliphatic heterocycles. The molecule has 0 radical (unpaired) electrons. The van der Waals surface area contributed by atoms with Gasteiger partial charge in [-0.1, -0.05) is 0 Å². The monoisotopic (exact) mass is 209 g/mol. The van der Waals surface area contributed by atoms with Crippen LogP contribution in [0.1, 0.15) is 35.3 Å². The predicted octanol–water partition coefficient (Wildman–Crippen LogP) is 0.545. The van der Waals surface area contributed by atoms with Gasteiger partial charge in [-0.25, -0.2) is 4.79 Å². The highest BCUT2D eigenvalue weighted by Gasteiger charge is 2.40. The molecule has 1 aromatic heterocycles. The summed E-state index contributed by atoms with van der Waals surface area (Å²) in [6, 6.07) is 0. The number of methoxy groups -OCH3 is 1. The minimum Gasteiger partial charge on any atom is -0.465 e. The second kappa shape index (κ2) is 3.34. The van der Waals surface area contributed by atoms with Crippen molar-refractivity contribution in [1.82, 2.24) is 9.78 Å². The lowest BCUT2D eigenvalue weighted by Gasteiger charge is -2.38. The number of nitrogens with zero attached hydrogens (tertiary/aromatic N) is 2. The van der Waals surface area contributed by atoms with E-state index < -0.39 is 5.54 Å². The van der Waals surface area contributed by atoms with Crippen molar-refractivity contribution in [3.63, 3.8) is 0 Å². The minimum atomic E-state index is -0.394. The van der Waals surface area contributed by atoms with Gasteiger partial charge in [0.2, 0.25) is 0 Å². The Hall–Kier alpha value is -1.36. The number of aromatic nitrogens is 2. The van der Waals surface area contributed by atoms with E-state index in [1.165, 1.54) is 13.3 Å². The second-order valence-electron chi connectivity index (χ2n) is 4.03. The van der Waals surface area contributed by atoms with Crippen LogP contribution in [0.25, 0.3) is 0 Å². The van der Waals surface area contributed by atoms with Crippen molar-refractivity contribution in [1.29, 1.82) is 0 Å². The fourth-order valence-corrected chi connectivity index (χ4v) is 2.08. The molecule has 0 aromatic carbocycles. The van der Waals surface area contributed by atoms with Crippen LogP contribution < -0.4 is 5.73 Å². The average molecular weight is 209 g/mol. The summed E-state index contributed by atoms with van der Waals surface area (Å²) in [5, 5.41) is 4.07. The molecule has 1 heterocycles. The van der Waals surface area contributed by atoms with Crippen molar-refractivity contribution >= 4 is 5.97 Å². The zero-order valence-electron chi connectivity index (χ0n) is 8.99. The average Bonchev–Trinajstić information content (AvgIpc) is 2.56. The molecule has 0 unspecified atom stereocenters. The number of carbonyl (C=O) groups excluding carboxylic acids is 1. The Balaban J connectivity index is 2.44. The van der Waals surface area contributed by atoms with E-state index in [1.807, 2.05) is 0 Å². The quantitative estimate of drug-likeness (QED) is 0.722. The normalized spacial score (nSPS) is 18.3. The molecule has 2 rings (SSSR count). The van der Waals surface area contributed by atoms with Crippen molar-refractivity contribution in [3.8, 4) is 0 Å². The van der Waals surface area contributed by atoms with E-state index >= 15 is 0 Å². The molecule has 15 heavy (non-hydrogen) atoms. The van der Waals surface area contributed by atoms with E-state index in [0.29, 0.717) is 5.56 Å². The van der Waals surface area contributed by atoms with Gasteiger partial charge in [-0.15, -0.1) is 0 Å². The first-order valence-electron chi connectivity index (χ1n) is 4.98. The molecule has 1 aliphatic carbocycles. The molecule has 1 aromatic rings. The van der Waals surface area contributed by atoms with Crippen LogP contribution in [0.4, 0.5) is 0 Å². The first-order chi connectivity index (χ1) is 7.08. The Kier molecular flexibility index (Phi) is 2.26. The Labute approximate surface area is 88.2 Å². The summed E-state index contributed by atoms with van der Waals surface area (Å²) in [5.41, 5.74) is 7.08. The third-order valence-electron chi connectivity index (χ3n) is 3.06. The zero-order valence-corrected chi connectivity index (χ0v) is 8.99. The number of aryl methyl sites for hydroxylation is 1. The Morgan fingerprint density at radius 1 is 1.67 bits per heavy atom. The first kappa shape index (κ1) is 10.2. The summed E-state index contributed by atoms with van der Waals surface area (Å²) in [7, 11) is 3.16. The van der Waals surface area contributed by atoms with Crippen LogP contribution in [0.3, 0.4) is 0 Å². The van der Waals surface area contributed by atoms with Crippen LogP contribution in [0, 0.1) is 0 Å². The number of rotatable bonds is 2. The summed E-state index contributed by atoms with van der Waals surface area (Å²) < 4.78 is 6.38. The lowest BCUT2D eigenvalue weighted by Crippen LogP contribution is -2.45. The van der Waals surface area contributed by atoms with Gasteiger partial charge in [-0.05, 0) is 19.3 Å². The van der Waals surface area contributed by atoms with Crippen LogP contribution in [0.15, 0.2) is 6.20 Å². The lowest BCUT2D eigenvalue weighted by molar-refractivity contribution is 0.0594. The highest BCUT2D eigenvalue weighted by molar-refractivity contribution is 5.90. The summed E-state index contributed by atoms with van der Waals surface area (Å²) in [5.74, 6) is -0.366. The highest BCUT2D eigenvalue weighted by atomic mass is 16.5. The van der Waals surface area contributed by atoms with Crippen LogP contribution in [0.5, 0.6) is 0 Å². The van der Waals surface area contributed by atoms with Gasteiger partial charge in [-0.2, -0.15) is 5.10 Å². The van der Waals surface area contributed by atoms with Gasteiger partial charge in [0.1, 0.15) is 5.56 Å². The fraction of sp³-hybridized carbons (Fsp3) is 0.600. The first-order valence-corrected chi connectivity index (χ1v) is 4.98. The Bertz CT molecular complexity index is 393. The van der Waals surface area contributed by atoms with Gasteiger partial charge in [0, 0.05) is 7.05 Å². The molecule has 0 atom stereocenters. The molecule has 2 N–H and O–H groups in total.